The van der Waals surface area contributed by atoms with Gasteiger partial charge >= 0.3 is 0 Å². The molecular weight excluding hydrogens is 236 g/mol. The van der Waals surface area contributed by atoms with Crippen molar-refractivity contribution >= 4 is 10.1 Å². The first-order valence-corrected chi connectivity index (χ1v) is 7.63. The molecular formula is C13H20O3S. The average molecular weight is 256 g/mol. The Labute approximate surface area is 104 Å². The van der Waals surface area contributed by atoms with Crippen molar-refractivity contribution in [1.82, 2.24) is 0 Å². The molecule has 0 bridgehead atoms. The number of hydrogen-bond donors (Lipinski definition) is 0. The molecule has 0 radical (unpaired) electrons. The lowest BCUT2D eigenvalue weighted by Gasteiger charge is -2.06. The van der Waals surface area contributed by atoms with Gasteiger partial charge in [0.1, 0.15) is 0 Å². The van der Waals surface area contributed by atoms with Crippen LogP contribution in [0.1, 0.15) is 37.3 Å². The molecule has 17 heavy (non-hydrogen) atoms. The Morgan fingerprint density at radius 2 is 1.76 bits per heavy atom. The van der Waals surface area contributed by atoms with Crippen molar-refractivity contribution in [3.63, 3.8) is 0 Å². The van der Waals surface area contributed by atoms with E-state index in [4.69, 9.17) is 0 Å². The monoisotopic (exact) mass is 256 g/mol. The molecule has 0 unspecified atom stereocenters. The fraction of sp³-hybridized carbons (Fsp3) is 0.538. The van der Waals surface area contributed by atoms with E-state index in [2.05, 4.69) is 42.3 Å². The summed E-state index contributed by atoms with van der Waals surface area (Å²) in [4.78, 5) is 0. The quantitative estimate of drug-likeness (QED) is 0.580. The van der Waals surface area contributed by atoms with Crippen LogP contribution < -0.4 is 0 Å². The van der Waals surface area contributed by atoms with Crippen LogP contribution in [0.2, 0.25) is 0 Å². The van der Waals surface area contributed by atoms with Gasteiger partial charge in [0.15, 0.2) is 0 Å². The molecule has 0 spiro atoms. The summed E-state index contributed by atoms with van der Waals surface area (Å²) in [6, 6.07) is 8.43. The third-order valence-corrected chi connectivity index (χ3v) is 3.15. The largest absolute Gasteiger partial charge is 0.270 e. The van der Waals surface area contributed by atoms with Crippen molar-refractivity contribution in [1.29, 1.82) is 0 Å². The highest BCUT2D eigenvalue weighted by Gasteiger charge is 2.02. The molecule has 0 atom stereocenters. The van der Waals surface area contributed by atoms with E-state index < -0.39 is 10.1 Å². The van der Waals surface area contributed by atoms with E-state index in [-0.39, 0.29) is 6.61 Å². The molecule has 3 nitrogen and oxygen atoms in total. The summed E-state index contributed by atoms with van der Waals surface area (Å²) >= 11 is 0. The first-order valence-electron chi connectivity index (χ1n) is 5.82. The normalized spacial score (nSPS) is 12.0. The van der Waals surface area contributed by atoms with Gasteiger partial charge in [-0.1, -0.05) is 38.1 Å². The van der Waals surface area contributed by atoms with Crippen molar-refractivity contribution in [2.75, 3.05) is 12.9 Å². The van der Waals surface area contributed by atoms with Gasteiger partial charge in [-0.15, -0.1) is 0 Å². The highest BCUT2D eigenvalue weighted by atomic mass is 32.2. The molecule has 0 aliphatic carbocycles. The summed E-state index contributed by atoms with van der Waals surface area (Å²) in [6.45, 7) is 4.58. The standard InChI is InChI=1S/C13H20O3S/c1-11(2)13-8-6-12(7-9-13)5-4-10-16-17(3,14)15/h6-9,11H,4-5,10H2,1-3H3. The van der Waals surface area contributed by atoms with Crippen molar-refractivity contribution in [3.05, 3.63) is 35.4 Å². The molecule has 0 N–H and O–H groups in total. The lowest BCUT2D eigenvalue weighted by molar-refractivity contribution is 0.316. The first kappa shape index (κ1) is 14.2. The van der Waals surface area contributed by atoms with E-state index in [1.165, 1.54) is 11.1 Å². The zero-order chi connectivity index (χ0) is 12.9. The van der Waals surface area contributed by atoms with Gasteiger partial charge < -0.3 is 0 Å². The molecule has 96 valence electrons. The topological polar surface area (TPSA) is 43.4 Å². The van der Waals surface area contributed by atoms with E-state index in [1.54, 1.807) is 0 Å². The van der Waals surface area contributed by atoms with Gasteiger partial charge in [0.25, 0.3) is 10.1 Å². The molecule has 0 heterocycles. The van der Waals surface area contributed by atoms with Crippen LogP contribution in [0.5, 0.6) is 0 Å². The fourth-order valence-corrected chi connectivity index (χ4v) is 1.98. The minimum absolute atomic E-state index is 0.255. The zero-order valence-corrected chi connectivity index (χ0v) is 11.5. The molecule has 4 heteroatoms. The molecule has 0 aliphatic rings. The first-order chi connectivity index (χ1) is 7.88. The van der Waals surface area contributed by atoms with Gasteiger partial charge in [-0.2, -0.15) is 8.42 Å². The Hall–Kier alpha value is -0.870. The second kappa shape index (κ2) is 6.17. The molecule has 0 fully saturated rings. The number of benzene rings is 1. The Morgan fingerprint density at radius 3 is 2.24 bits per heavy atom. The van der Waals surface area contributed by atoms with Crippen LogP contribution in [0.25, 0.3) is 0 Å². The highest BCUT2D eigenvalue weighted by Crippen LogP contribution is 2.15. The van der Waals surface area contributed by atoms with Gasteiger partial charge in [-0.3, -0.25) is 4.18 Å². The van der Waals surface area contributed by atoms with Crippen LogP contribution in [0, 0.1) is 0 Å². The van der Waals surface area contributed by atoms with Crippen molar-refractivity contribution in [2.45, 2.75) is 32.6 Å². The maximum Gasteiger partial charge on any atom is 0.264 e. The van der Waals surface area contributed by atoms with E-state index in [9.17, 15) is 8.42 Å². The molecule has 1 aromatic rings. The van der Waals surface area contributed by atoms with E-state index >= 15 is 0 Å². The van der Waals surface area contributed by atoms with Crippen molar-refractivity contribution in [2.24, 2.45) is 0 Å². The van der Waals surface area contributed by atoms with E-state index in [0.29, 0.717) is 12.3 Å². The maximum atomic E-state index is 10.7. The van der Waals surface area contributed by atoms with Crippen molar-refractivity contribution < 1.29 is 12.6 Å². The second-order valence-corrected chi connectivity index (χ2v) is 6.17. The third-order valence-electron chi connectivity index (χ3n) is 2.55. The van der Waals surface area contributed by atoms with Gasteiger partial charge in [-0.05, 0) is 29.9 Å². The summed E-state index contributed by atoms with van der Waals surface area (Å²) in [6.07, 6.45) is 2.63. The summed E-state index contributed by atoms with van der Waals surface area (Å²) < 4.78 is 26.2. The van der Waals surface area contributed by atoms with Crippen LogP contribution >= 0.6 is 0 Å². The van der Waals surface area contributed by atoms with Crippen LogP contribution in [0.4, 0.5) is 0 Å². The Kier molecular flexibility index (Phi) is 5.15. The SMILES string of the molecule is CC(C)c1ccc(CCCOS(C)(=O)=O)cc1. The van der Waals surface area contributed by atoms with Crippen LogP contribution in [0.15, 0.2) is 24.3 Å². The smallest absolute Gasteiger partial charge is 0.264 e. The highest BCUT2D eigenvalue weighted by molar-refractivity contribution is 7.85. The Balaban J connectivity index is 2.37. The lowest BCUT2D eigenvalue weighted by atomic mass is 10.0. The fourth-order valence-electron chi connectivity index (χ4n) is 1.56. The Bertz CT molecular complexity index is 432. The summed E-state index contributed by atoms with van der Waals surface area (Å²) in [5, 5.41) is 0. The van der Waals surface area contributed by atoms with Gasteiger partial charge in [0.2, 0.25) is 0 Å². The molecule has 0 amide bonds. The van der Waals surface area contributed by atoms with Crippen LogP contribution in [-0.4, -0.2) is 21.3 Å². The molecule has 1 rings (SSSR count). The third kappa shape index (κ3) is 5.84. The number of hydrogen-bond acceptors (Lipinski definition) is 3. The molecule has 0 aliphatic heterocycles. The zero-order valence-electron chi connectivity index (χ0n) is 10.6. The Morgan fingerprint density at radius 1 is 1.18 bits per heavy atom. The number of aryl methyl sites for hydroxylation is 1. The van der Waals surface area contributed by atoms with Gasteiger partial charge in [0.05, 0.1) is 12.9 Å². The van der Waals surface area contributed by atoms with E-state index in [0.717, 1.165) is 12.7 Å². The lowest BCUT2D eigenvalue weighted by Crippen LogP contribution is -2.04. The van der Waals surface area contributed by atoms with Gasteiger partial charge in [-0.25, -0.2) is 0 Å². The van der Waals surface area contributed by atoms with E-state index in [1.807, 2.05) is 0 Å². The average Bonchev–Trinajstić information content (AvgIpc) is 2.24. The summed E-state index contributed by atoms with van der Waals surface area (Å²) in [5.41, 5.74) is 2.53. The van der Waals surface area contributed by atoms with Gasteiger partial charge in [0, 0.05) is 0 Å². The minimum Gasteiger partial charge on any atom is -0.270 e. The molecule has 1 aromatic carbocycles. The summed E-state index contributed by atoms with van der Waals surface area (Å²) in [5.74, 6) is 0.539. The predicted octanol–water partition coefficient (Wildman–Crippen LogP) is 2.72. The molecule has 0 saturated heterocycles. The maximum absolute atomic E-state index is 10.7. The number of rotatable bonds is 6. The molecule has 0 aromatic heterocycles. The molecule has 0 saturated carbocycles. The van der Waals surface area contributed by atoms with Crippen molar-refractivity contribution in [3.8, 4) is 0 Å². The second-order valence-electron chi connectivity index (χ2n) is 4.53. The predicted molar refractivity (Wildman–Crippen MR) is 69.6 cm³/mol. The van der Waals surface area contributed by atoms with Crippen LogP contribution in [-0.2, 0) is 20.7 Å². The van der Waals surface area contributed by atoms with Crippen LogP contribution in [0.3, 0.4) is 0 Å². The summed E-state index contributed by atoms with van der Waals surface area (Å²) in [7, 11) is -3.30. The minimum atomic E-state index is -3.30.